The fourth-order valence-electron chi connectivity index (χ4n) is 0.860. The summed E-state index contributed by atoms with van der Waals surface area (Å²) in [5.41, 5.74) is 0. The predicted molar refractivity (Wildman–Crippen MR) is 51.8 cm³/mol. The van der Waals surface area contributed by atoms with Crippen molar-refractivity contribution in [1.82, 2.24) is 14.5 Å². The maximum atomic E-state index is 11.4. The fraction of sp³-hybridized carbons (Fsp3) is 0.571. The number of anilines is 1. The first-order chi connectivity index (χ1) is 6.24. The van der Waals surface area contributed by atoms with Crippen molar-refractivity contribution in [3.05, 3.63) is 6.20 Å². The van der Waals surface area contributed by atoms with Crippen molar-refractivity contribution in [2.75, 3.05) is 18.9 Å². The van der Waals surface area contributed by atoms with Gasteiger partial charge in [0.1, 0.15) is 5.00 Å². The molecule has 0 atom stereocenters. The third kappa shape index (κ3) is 2.98. The zero-order valence-electron chi connectivity index (χ0n) is 7.65. The summed E-state index contributed by atoms with van der Waals surface area (Å²) >= 11 is 1.17. The molecule has 0 aliphatic rings. The number of amides is 2. The van der Waals surface area contributed by atoms with Gasteiger partial charge in [-0.2, -0.15) is 0 Å². The topological polar surface area (TPSA) is 58.1 Å². The molecule has 1 N–H and O–H groups in total. The van der Waals surface area contributed by atoms with Crippen molar-refractivity contribution < 1.29 is 4.79 Å². The lowest BCUT2D eigenvalue weighted by Gasteiger charge is -2.15. The SMILES string of the molecule is CCCN(C)C(=O)Nc1cnns1. The van der Waals surface area contributed by atoms with Crippen LogP contribution in [0.3, 0.4) is 0 Å². The molecule has 0 aliphatic heterocycles. The molecule has 72 valence electrons. The van der Waals surface area contributed by atoms with Gasteiger partial charge in [0.05, 0.1) is 6.20 Å². The van der Waals surface area contributed by atoms with E-state index in [0.717, 1.165) is 13.0 Å². The molecule has 0 aliphatic carbocycles. The average molecular weight is 200 g/mol. The summed E-state index contributed by atoms with van der Waals surface area (Å²) in [6, 6.07) is -0.118. The highest BCUT2D eigenvalue weighted by Crippen LogP contribution is 2.09. The minimum absolute atomic E-state index is 0.118. The van der Waals surface area contributed by atoms with E-state index < -0.39 is 0 Å². The number of rotatable bonds is 3. The molecule has 1 heterocycles. The predicted octanol–water partition coefficient (Wildman–Crippen LogP) is 1.41. The molecule has 1 aromatic heterocycles. The average Bonchev–Trinajstić information content (AvgIpc) is 2.57. The molecule has 5 nitrogen and oxygen atoms in total. The van der Waals surface area contributed by atoms with Crippen LogP contribution in [-0.4, -0.2) is 34.1 Å². The van der Waals surface area contributed by atoms with E-state index in [0.29, 0.717) is 5.00 Å². The van der Waals surface area contributed by atoms with Gasteiger partial charge in [-0.1, -0.05) is 11.4 Å². The zero-order chi connectivity index (χ0) is 9.68. The number of carbonyl (C=O) groups excluding carboxylic acids is 1. The van der Waals surface area contributed by atoms with Gasteiger partial charge in [0, 0.05) is 25.1 Å². The van der Waals surface area contributed by atoms with Crippen LogP contribution in [0.2, 0.25) is 0 Å². The van der Waals surface area contributed by atoms with Crippen LogP contribution in [0.4, 0.5) is 9.80 Å². The number of aromatic nitrogens is 2. The highest BCUT2D eigenvalue weighted by molar-refractivity contribution is 7.10. The lowest BCUT2D eigenvalue weighted by Crippen LogP contribution is -2.31. The minimum atomic E-state index is -0.118. The maximum absolute atomic E-state index is 11.4. The molecule has 1 aromatic rings. The minimum Gasteiger partial charge on any atom is -0.328 e. The van der Waals surface area contributed by atoms with Crippen LogP contribution in [0, 0.1) is 0 Å². The van der Waals surface area contributed by atoms with E-state index in [1.165, 1.54) is 17.7 Å². The van der Waals surface area contributed by atoms with Crippen molar-refractivity contribution >= 4 is 22.6 Å². The Morgan fingerprint density at radius 2 is 2.54 bits per heavy atom. The monoisotopic (exact) mass is 200 g/mol. The molecule has 0 saturated heterocycles. The highest BCUT2D eigenvalue weighted by Gasteiger charge is 2.07. The lowest BCUT2D eigenvalue weighted by molar-refractivity contribution is 0.222. The van der Waals surface area contributed by atoms with Gasteiger partial charge in [0.2, 0.25) is 0 Å². The largest absolute Gasteiger partial charge is 0.328 e. The van der Waals surface area contributed by atoms with Crippen LogP contribution in [-0.2, 0) is 0 Å². The number of hydrogen-bond donors (Lipinski definition) is 1. The summed E-state index contributed by atoms with van der Waals surface area (Å²) in [5.74, 6) is 0. The Labute approximate surface area is 80.9 Å². The molecular formula is C7H12N4OS. The number of nitrogens with zero attached hydrogens (tertiary/aromatic N) is 3. The van der Waals surface area contributed by atoms with Crippen LogP contribution in [0.25, 0.3) is 0 Å². The van der Waals surface area contributed by atoms with Gasteiger partial charge in [0.25, 0.3) is 0 Å². The summed E-state index contributed by atoms with van der Waals surface area (Å²) in [5, 5.41) is 6.98. The number of hydrogen-bond acceptors (Lipinski definition) is 4. The third-order valence-corrected chi connectivity index (χ3v) is 2.08. The van der Waals surface area contributed by atoms with E-state index in [1.807, 2.05) is 6.92 Å². The number of urea groups is 1. The van der Waals surface area contributed by atoms with Crippen molar-refractivity contribution in [2.45, 2.75) is 13.3 Å². The second kappa shape index (κ2) is 4.76. The second-order valence-electron chi connectivity index (χ2n) is 2.63. The summed E-state index contributed by atoms with van der Waals surface area (Å²) < 4.78 is 3.64. The molecule has 1 rings (SSSR count). The summed E-state index contributed by atoms with van der Waals surface area (Å²) in [7, 11) is 1.76. The van der Waals surface area contributed by atoms with Gasteiger partial charge in [-0.15, -0.1) is 5.10 Å². The van der Waals surface area contributed by atoms with E-state index >= 15 is 0 Å². The normalized spacial score (nSPS) is 9.69. The van der Waals surface area contributed by atoms with Gasteiger partial charge in [0.15, 0.2) is 0 Å². The molecule has 0 unspecified atom stereocenters. The molecule has 0 fully saturated rings. The van der Waals surface area contributed by atoms with Gasteiger partial charge >= 0.3 is 6.03 Å². The Kier molecular flexibility index (Phi) is 3.63. The van der Waals surface area contributed by atoms with Crippen molar-refractivity contribution in [3.63, 3.8) is 0 Å². The van der Waals surface area contributed by atoms with Crippen molar-refractivity contribution in [3.8, 4) is 0 Å². The Hall–Kier alpha value is -1.17. The van der Waals surface area contributed by atoms with E-state index in [4.69, 9.17) is 0 Å². The van der Waals surface area contributed by atoms with E-state index in [9.17, 15) is 4.79 Å². The summed E-state index contributed by atoms with van der Waals surface area (Å²) in [6.45, 7) is 2.77. The first kappa shape index (κ1) is 9.91. The molecule has 0 spiro atoms. The third-order valence-electron chi connectivity index (χ3n) is 1.50. The standard InChI is InChI=1S/C7H12N4OS/c1-3-4-11(2)7(12)9-6-5-8-10-13-6/h5H,3-4H2,1-2H3,(H,9,12). The molecular weight excluding hydrogens is 188 g/mol. The molecule has 13 heavy (non-hydrogen) atoms. The fourth-order valence-corrected chi connectivity index (χ4v) is 1.27. The Balaban J connectivity index is 2.41. The smallest absolute Gasteiger partial charge is 0.322 e. The number of carbonyl (C=O) groups is 1. The van der Waals surface area contributed by atoms with Crippen molar-refractivity contribution in [2.24, 2.45) is 0 Å². The molecule has 2 amide bonds. The quantitative estimate of drug-likeness (QED) is 0.802. The van der Waals surface area contributed by atoms with Crippen molar-refractivity contribution in [1.29, 1.82) is 0 Å². The van der Waals surface area contributed by atoms with Gasteiger partial charge < -0.3 is 4.90 Å². The molecule has 0 radical (unpaired) electrons. The zero-order valence-corrected chi connectivity index (χ0v) is 8.47. The van der Waals surface area contributed by atoms with Gasteiger partial charge in [-0.05, 0) is 6.42 Å². The number of nitrogens with one attached hydrogen (secondary N) is 1. The summed E-state index contributed by atoms with van der Waals surface area (Å²) in [6.07, 6.45) is 2.48. The van der Waals surface area contributed by atoms with Crippen LogP contribution in [0.15, 0.2) is 6.20 Å². The van der Waals surface area contributed by atoms with Crippen LogP contribution in [0.1, 0.15) is 13.3 Å². The second-order valence-corrected chi connectivity index (χ2v) is 3.42. The first-order valence-corrected chi connectivity index (χ1v) is 4.81. The Morgan fingerprint density at radius 1 is 1.77 bits per heavy atom. The highest BCUT2D eigenvalue weighted by atomic mass is 32.1. The maximum Gasteiger partial charge on any atom is 0.322 e. The van der Waals surface area contributed by atoms with E-state index in [1.54, 1.807) is 11.9 Å². The van der Waals surface area contributed by atoms with Crippen LogP contribution < -0.4 is 5.32 Å². The van der Waals surface area contributed by atoms with Gasteiger partial charge in [-0.25, -0.2) is 4.79 Å². The first-order valence-electron chi connectivity index (χ1n) is 4.03. The Morgan fingerprint density at radius 3 is 3.08 bits per heavy atom. The lowest BCUT2D eigenvalue weighted by atomic mass is 10.4. The molecule has 0 bridgehead atoms. The van der Waals surface area contributed by atoms with Gasteiger partial charge in [-0.3, -0.25) is 5.32 Å². The Bertz CT molecular complexity index is 261. The van der Waals surface area contributed by atoms with E-state index in [2.05, 4.69) is 14.9 Å². The van der Waals surface area contributed by atoms with Crippen LogP contribution in [0.5, 0.6) is 0 Å². The van der Waals surface area contributed by atoms with Crippen LogP contribution >= 0.6 is 11.5 Å². The molecule has 0 aromatic carbocycles. The molecule has 6 heteroatoms. The summed E-state index contributed by atoms with van der Waals surface area (Å²) in [4.78, 5) is 13.0. The van der Waals surface area contributed by atoms with E-state index in [-0.39, 0.29) is 6.03 Å². The molecule has 0 saturated carbocycles.